The molecule has 1 amide bonds. The van der Waals surface area contributed by atoms with Gasteiger partial charge in [0.05, 0.1) is 5.92 Å². The maximum absolute atomic E-state index is 13.5. The summed E-state index contributed by atoms with van der Waals surface area (Å²) in [5, 5.41) is 0. The van der Waals surface area contributed by atoms with Crippen LogP contribution in [0.5, 0.6) is 11.6 Å². The molecule has 2 fully saturated rings. The van der Waals surface area contributed by atoms with E-state index in [1.807, 2.05) is 31.2 Å². The minimum atomic E-state index is -0.0414. The molecule has 1 atom stereocenters. The summed E-state index contributed by atoms with van der Waals surface area (Å²) >= 11 is 0. The fraction of sp³-hybridized carbons (Fsp3) is 0.414. The lowest BCUT2D eigenvalue weighted by atomic mass is 9.96. The number of anilines is 2. The van der Waals surface area contributed by atoms with E-state index in [2.05, 4.69) is 56.7 Å². The molecule has 2 aliphatic rings. The zero-order valence-electron chi connectivity index (χ0n) is 21.5. The van der Waals surface area contributed by atoms with Crippen LogP contribution in [0.15, 0.2) is 54.9 Å². The van der Waals surface area contributed by atoms with Crippen LogP contribution in [-0.2, 0) is 4.79 Å². The number of benzene rings is 2. The average molecular weight is 486 g/mol. The minimum Gasteiger partial charge on any atom is -0.436 e. The van der Waals surface area contributed by atoms with Crippen LogP contribution in [0.3, 0.4) is 0 Å². The van der Waals surface area contributed by atoms with E-state index in [-0.39, 0.29) is 11.8 Å². The van der Waals surface area contributed by atoms with Crippen molar-refractivity contribution >= 4 is 17.4 Å². The van der Waals surface area contributed by atoms with Gasteiger partial charge in [0.1, 0.15) is 5.75 Å². The highest BCUT2D eigenvalue weighted by atomic mass is 16.5. The second-order valence-electron chi connectivity index (χ2n) is 9.92. The van der Waals surface area contributed by atoms with E-state index in [0.29, 0.717) is 18.2 Å². The van der Waals surface area contributed by atoms with Crippen molar-refractivity contribution < 1.29 is 9.53 Å². The molecule has 1 aromatic heterocycles. The highest BCUT2D eigenvalue weighted by Gasteiger charge is 2.33. The second-order valence-corrected chi connectivity index (χ2v) is 9.92. The van der Waals surface area contributed by atoms with Gasteiger partial charge in [0.2, 0.25) is 5.91 Å². The van der Waals surface area contributed by atoms with Crippen LogP contribution >= 0.6 is 0 Å². The lowest BCUT2D eigenvalue weighted by Crippen LogP contribution is -2.52. The third-order valence-electron chi connectivity index (χ3n) is 7.46. The fourth-order valence-corrected chi connectivity index (χ4v) is 5.20. The summed E-state index contributed by atoms with van der Waals surface area (Å²) in [6.07, 6.45) is 5.19. The number of carbonyl (C=O) groups excluding carboxylic acids is 1. The summed E-state index contributed by atoms with van der Waals surface area (Å²) in [4.78, 5) is 29.2. The maximum Gasteiger partial charge on any atom is 0.263 e. The molecule has 2 aliphatic heterocycles. The van der Waals surface area contributed by atoms with E-state index in [1.165, 1.54) is 22.4 Å². The largest absolute Gasteiger partial charge is 0.436 e. The summed E-state index contributed by atoms with van der Waals surface area (Å²) in [5.74, 6) is 2.13. The summed E-state index contributed by atoms with van der Waals surface area (Å²) in [6.45, 7) is 11.1. The van der Waals surface area contributed by atoms with Crippen molar-refractivity contribution in [1.29, 1.82) is 0 Å². The molecule has 0 radical (unpaired) electrons. The molecule has 7 heteroatoms. The van der Waals surface area contributed by atoms with Crippen LogP contribution in [0.4, 0.5) is 11.5 Å². The number of hydrogen-bond donors (Lipinski definition) is 0. The smallest absolute Gasteiger partial charge is 0.263 e. The van der Waals surface area contributed by atoms with Gasteiger partial charge >= 0.3 is 0 Å². The summed E-state index contributed by atoms with van der Waals surface area (Å²) in [7, 11) is 0. The number of ether oxygens (including phenoxy) is 1. The Bertz CT molecular complexity index is 1200. The van der Waals surface area contributed by atoms with Crippen LogP contribution < -0.4 is 14.5 Å². The molecule has 188 valence electrons. The van der Waals surface area contributed by atoms with Gasteiger partial charge in [-0.05, 0) is 62.9 Å². The van der Waals surface area contributed by atoms with Gasteiger partial charge in [0.15, 0.2) is 5.82 Å². The van der Waals surface area contributed by atoms with Gasteiger partial charge in [0, 0.05) is 57.3 Å². The molecule has 2 saturated heterocycles. The highest BCUT2D eigenvalue weighted by Crippen LogP contribution is 2.32. The van der Waals surface area contributed by atoms with Gasteiger partial charge in [-0.3, -0.25) is 4.79 Å². The number of aryl methyl sites for hydroxylation is 2. The van der Waals surface area contributed by atoms with Crippen molar-refractivity contribution in [2.24, 2.45) is 5.92 Å². The Morgan fingerprint density at radius 3 is 2.42 bits per heavy atom. The van der Waals surface area contributed by atoms with Gasteiger partial charge < -0.3 is 19.4 Å². The van der Waals surface area contributed by atoms with Gasteiger partial charge in [-0.15, -0.1) is 0 Å². The van der Waals surface area contributed by atoms with Crippen LogP contribution in [0.2, 0.25) is 0 Å². The molecular formula is C29H35N5O2. The number of carbonyl (C=O) groups is 1. The molecule has 3 aromatic rings. The quantitative estimate of drug-likeness (QED) is 0.519. The summed E-state index contributed by atoms with van der Waals surface area (Å²) in [5.41, 5.74) is 5.10. The number of rotatable bonds is 5. The lowest BCUT2D eigenvalue weighted by molar-refractivity contribution is -0.136. The Kier molecular flexibility index (Phi) is 7.07. The van der Waals surface area contributed by atoms with E-state index in [1.54, 1.807) is 12.4 Å². The van der Waals surface area contributed by atoms with Crippen molar-refractivity contribution in [3.05, 3.63) is 71.5 Å². The molecular weight excluding hydrogens is 450 g/mol. The van der Waals surface area contributed by atoms with Gasteiger partial charge in [-0.1, -0.05) is 29.8 Å². The van der Waals surface area contributed by atoms with Crippen LogP contribution in [0.1, 0.15) is 29.5 Å². The Balaban J connectivity index is 1.23. The molecule has 0 unspecified atom stereocenters. The van der Waals surface area contributed by atoms with Gasteiger partial charge in [0.25, 0.3) is 5.88 Å². The third kappa shape index (κ3) is 5.15. The lowest BCUT2D eigenvalue weighted by Gasteiger charge is -2.40. The number of amides is 1. The Labute approximate surface area is 213 Å². The van der Waals surface area contributed by atoms with Gasteiger partial charge in [-0.2, -0.15) is 0 Å². The molecule has 5 rings (SSSR count). The fourth-order valence-electron chi connectivity index (χ4n) is 5.20. The van der Waals surface area contributed by atoms with E-state index in [4.69, 9.17) is 4.74 Å². The zero-order chi connectivity index (χ0) is 25.1. The van der Waals surface area contributed by atoms with E-state index >= 15 is 0 Å². The zero-order valence-corrected chi connectivity index (χ0v) is 21.5. The normalized spacial score (nSPS) is 18.3. The molecule has 0 spiro atoms. The first-order valence-electron chi connectivity index (χ1n) is 12.9. The second kappa shape index (κ2) is 10.6. The number of aromatic nitrogens is 2. The van der Waals surface area contributed by atoms with Gasteiger partial charge in [-0.25, -0.2) is 9.97 Å². The molecule has 0 bridgehead atoms. The predicted molar refractivity (Wildman–Crippen MR) is 143 cm³/mol. The monoisotopic (exact) mass is 485 g/mol. The standard InChI is InChI=1S/C29H35N5O2/c1-21-9-11-25(12-10-21)36-28-27(30-13-14-31-28)34-15-5-7-24(20-34)29(35)33-18-16-32(17-19-33)26-8-4-6-22(2)23(26)3/h4,6,8-14,24H,5,7,15-20H2,1-3H3/t24-/m0/s1. The average Bonchev–Trinajstić information content (AvgIpc) is 2.92. The Morgan fingerprint density at radius 1 is 0.889 bits per heavy atom. The number of nitrogens with zero attached hydrogens (tertiary/aromatic N) is 5. The highest BCUT2D eigenvalue weighted by molar-refractivity contribution is 5.80. The number of piperazine rings is 1. The van der Waals surface area contributed by atoms with E-state index in [9.17, 15) is 4.79 Å². The molecule has 7 nitrogen and oxygen atoms in total. The van der Waals surface area contributed by atoms with Crippen molar-refractivity contribution in [2.75, 3.05) is 49.1 Å². The molecule has 3 heterocycles. The summed E-state index contributed by atoms with van der Waals surface area (Å²) < 4.78 is 6.09. The first kappa shape index (κ1) is 24.1. The van der Waals surface area contributed by atoms with Crippen molar-refractivity contribution in [3.63, 3.8) is 0 Å². The molecule has 0 saturated carbocycles. The van der Waals surface area contributed by atoms with E-state index in [0.717, 1.165) is 51.3 Å². The number of hydrogen-bond acceptors (Lipinski definition) is 6. The predicted octanol–water partition coefficient (Wildman–Crippen LogP) is 4.76. The Morgan fingerprint density at radius 2 is 1.64 bits per heavy atom. The minimum absolute atomic E-state index is 0.0414. The molecule has 36 heavy (non-hydrogen) atoms. The van der Waals surface area contributed by atoms with E-state index < -0.39 is 0 Å². The van der Waals surface area contributed by atoms with Crippen LogP contribution in [-0.4, -0.2) is 60.0 Å². The topological polar surface area (TPSA) is 61.8 Å². The first-order valence-corrected chi connectivity index (χ1v) is 12.9. The SMILES string of the molecule is Cc1ccc(Oc2nccnc2N2CCC[C@H](C(=O)N3CCN(c4cccc(C)c4C)CC3)C2)cc1. The van der Waals surface area contributed by atoms with Crippen molar-refractivity contribution in [1.82, 2.24) is 14.9 Å². The first-order chi connectivity index (χ1) is 17.5. The molecule has 0 aliphatic carbocycles. The summed E-state index contributed by atoms with van der Waals surface area (Å²) in [6, 6.07) is 14.4. The van der Waals surface area contributed by atoms with Crippen LogP contribution in [0.25, 0.3) is 0 Å². The molecule has 2 aromatic carbocycles. The Hall–Kier alpha value is -3.61. The number of piperidine rings is 1. The maximum atomic E-state index is 13.5. The van der Waals surface area contributed by atoms with Crippen LogP contribution in [0, 0.1) is 26.7 Å². The van der Waals surface area contributed by atoms with Crippen molar-refractivity contribution in [3.8, 4) is 11.6 Å². The van der Waals surface area contributed by atoms with Crippen molar-refractivity contribution in [2.45, 2.75) is 33.6 Å². The third-order valence-corrected chi connectivity index (χ3v) is 7.46. The molecule has 0 N–H and O–H groups in total.